The van der Waals surface area contributed by atoms with Crippen LogP contribution in [0, 0.1) is 0 Å². The van der Waals surface area contributed by atoms with E-state index >= 15 is 0 Å². The average molecular weight is 446 g/mol. The lowest BCUT2D eigenvalue weighted by Crippen LogP contribution is -2.44. The van der Waals surface area contributed by atoms with Crippen LogP contribution in [0.5, 0.6) is 5.75 Å². The van der Waals surface area contributed by atoms with E-state index in [1.165, 1.54) is 4.90 Å². The van der Waals surface area contributed by atoms with E-state index in [0.717, 1.165) is 22.3 Å². The van der Waals surface area contributed by atoms with Crippen molar-refractivity contribution >= 4 is 12.1 Å². The second-order valence-electron chi connectivity index (χ2n) is 8.32. The quantitative estimate of drug-likeness (QED) is 0.521. The van der Waals surface area contributed by atoms with E-state index in [0.29, 0.717) is 11.3 Å². The van der Waals surface area contributed by atoms with Gasteiger partial charge in [-0.1, -0.05) is 60.7 Å². The lowest BCUT2D eigenvalue weighted by Gasteiger charge is -2.32. The van der Waals surface area contributed by atoms with Crippen LogP contribution >= 0.6 is 0 Å². The molecule has 0 aromatic heterocycles. The number of hydrogen-bond acceptors (Lipinski definition) is 4. The van der Waals surface area contributed by atoms with Crippen LogP contribution in [0.1, 0.15) is 42.5 Å². The van der Waals surface area contributed by atoms with Crippen molar-refractivity contribution in [1.29, 1.82) is 0 Å². The number of carbonyl (C=O) groups is 2. The first-order valence-electron chi connectivity index (χ1n) is 10.9. The number of carboxylic acids is 1. The first-order valence-corrected chi connectivity index (χ1v) is 10.9. The summed E-state index contributed by atoms with van der Waals surface area (Å²) in [6.45, 7) is 3.69. The second kappa shape index (κ2) is 9.36. The molecule has 3 aromatic carbocycles. The van der Waals surface area contributed by atoms with Crippen LogP contribution in [-0.4, -0.2) is 41.8 Å². The maximum atomic E-state index is 13.2. The highest BCUT2D eigenvalue weighted by molar-refractivity contribution is 5.82. The van der Waals surface area contributed by atoms with E-state index in [-0.39, 0.29) is 18.6 Å². The first-order chi connectivity index (χ1) is 15.9. The Bertz CT molecular complexity index is 1110. The Morgan fingerprint density at radius 2 is 1.45 bits per heavy atom. The van der Waals surface area contributed by atoms with Crippen molar-refractivity contribution in [2.75, 3.05) is 13.7 Å². The summed E-state index contributed by atoms with van der Waals surface area (Å²) in [7, 11) is 1.54. The molecule has 1 aliphatic rings. The number of benzene rings is 3. The van der Waals surface area contributed by atoms with Crippen LogP contribution in [0.4, 0.5) is 4.79 Å². The van der Waals surface area contributed by atoms with E-state index < -0.39 is 18.1 Å². The Morgan fingerprint density at radius 3 is 1.94 bits per heavy atom. The van der Waals surface area contributed by atoms with Gasteiger partial charge in [-0.2, -0.15) is 0 Å². The van der Waals surface area contributed by atoms with Gasteiger partial charge in [-0.15, -0.1) is 0 Å². The smallest absolute Gasteiger partial charge is 0.411 e. The van der Waals surface area contributed by atoms with Crippen molar-refractivity contribution in [3.05, 3.63) is 89.5 Å². The van der Waals surface area contributed by atoms with Crippen molar-refractivity contribution in [3.8, 4) is 16.9 Å². The molecule has 0 heterocycles. The molecule has 4 rings (SSSR count). The summed E-state index contributed by atoms with van der Waals surface area (Å²) >= 11 is 0. The Morgan fingerprint density at radius 1 is 0.909 bits per heavy atom. The summed E-state index contributed by atoms with van der Waals surface area (Å²) in [5.74, 6) is -0.609. The van der Waals surface area contributed by atoms with Crippen molar-refractivity contribution in [2.24, 2.45) is 0 Å². The van der Waals surface area contributed by atoms with Crippen molar-refractivity contribution in [1.82, 2.24) is 4.90 Å². The summed E-state index contributed by atoms with van der Waals surface area (Å²) in [6.07, 6.45) is -0.657. The minimum absolute atomic E-state index is 0.0976. The summed E-state index contributed by atoms with van der Waals surface area (Å²) in [4.78, 5) is 26.7. The monoisotopic (exact) mass is 445 g/mol. The fourth-order valence-corrected chi connectivity index (χ4v) is 4.49. The lowest BCUT2D eigenvalue weighted by molar-refractivity contribution is -0.143. The second-order valence-corrected chi connectivity index (χ2v) is 8.32. The number of fused-ring (bicyclic) bond motifs is 3. The summed E-state index contributed by atoms with van der Waals surface area (Å²) in [6, 6.07) is 21.3. The highest BCUT2D eigenvalue weighted by atomic mass is 16.6. The molecule has 0 spiro atoms. The number of methoxy groups -OCH3 is 1. The number of aliphatic carboxylic acids is 1. The number of rotatable bonds is 7. The van der Waals surface area contributed by atoms with Crippen LogP contribution in [0.2, 0.25) is 0 Å². The molecule has 3 aromatic rings. The van der Waals surface area contributed by atoms with Gasteiger partial charge in [0, 0.05) is 12.0 Å². The SMILES string of the molecule is COc1ccc(C(C(=O)O)N(C(=O)OCC2c3ccccc3-c3ccccc32)C(C)C)cc1. The molecule has 1 unspecified atom stereocenters. The molecular formula is C27H27NO5. The number of carbonyl (C=O) groups excluding carboxylic acids is 1. The van der Waals surface area contributed by atoms with Crippen molar-refractivity contribution in [2.45, 2.75) is 31.8 Å². The molecule has 0 saturated heterocycles. The van der Waals surface area contributed by atoms with Crippen molar-refractivity contribution in [3.63, 3.8) is 0 Å². The highest BCUT2D eigenvalue weighted by Crippen LogP contribution is 2.44. The van der Waals surface area contributed by atoms with Gasteiger partial charge in [0.05, 0.1) is 7.11 Å². The van der Waals surface area contributed by atoms with Gasteiger partial charge < -0.3 is 14.6 Å². The summed E-state index contributed by atoms with van der Waals surface area (Å²) in [5.41, 5.74) is 4.96. The van der Waals surface area contributed by atoms with E-state index in [4.69, 9.17) is 9.47 Å². The number of ether oxygens (including phenoxy) is 2. The molecule has 1 aliphatic carbocycles. The van der Waals surface area contributed by atoms with E-state index in [1.54, 1.807) is 45.2 Å². The molecule has 1 atom stereocenters. The third-order valence-electron chi connectivity index (χ3n) is 6.05. The molecule has 0 bridgehead atoms. The van der Waals surface area contributed by atoms with Crippen LogP contribution in [0.15, 0.2) is 72.8 Å². The van der Waals surface area contributed by atoms with Crippen LogP contribution in [-0.2, 0) is 9.53 Å². The largest absolute Gasteiger partial charge is 0.497 e. The normalized spacial score (nSPS) is 13.2. The van der Waals surface area contributed by atoms with E-state index in [2.05, 4.69) is 12.1 Å². The Labute approximate surface area is 193 Å². The number of amides is 1. The topological polar surface area (TPSA) is 76.1 Å². The van der Waals surface area contributed by atoms with Crippen molar-refractivity contribution < 1.29 is 24.2 Å². The fraction of sp³-hybridized carbons (Fsp3) is 0.259. The maximum Gasteiger partial charge on any atom is 0.411 e. The van der Waals surface area contributed by atoms with Gasteiger partial charge >= 0.3 is 12.1 Å². The minimum atomic E-state index is -1.17. The Kier molecular flexibility index (Phi) is 6.36. The van der Waals surface area contributed by atoms with Gasteiger partial charge in [-0.3, -0.25) is 4.90 Å². The molecule has 1 N–H and O–H groups in total. The Balaban J connectivity index is 1.58. The first kappa shape index (κ1) is 22.4. The predicted molar refractivity (Wildman–Crippen MR) is 125 cm³/mol. The van der Waals surface area contributed by atoms with Crippen LogP contribution in [0.3, 0.4) is 0 Å². The summed E-state index contributed by atoms with van der Waals surface area (Å²) in [5, 5.41) is 9.98. The third-order valence-corrected chi connectivity index (χ3v) is 6.05. The highest BCUT2D eigenvalue weighted by Gasteiger charge is 2.36. The third kappa shape index (κ3) is 4.29. The molecule has 170 valence electrons. The standard InChI is InChI=1S/C27H27NO5/c1-17(2)28(25(26(29)30)18-12-14-19(32-3)15-13-18)27(31)33-16-24-22-10-6-4-8-20(22)21-9-5-7-11-23(21)24/h4-15,17,24-25H,16H2,1-3H3,(H,29,30). The van der Waals surface area contributed by atoms with Gasteiger partial charge in [0.1, 0.15) is 12.4 Å². The minimum Gasteiger partial charge on any atom is -0.497 e. The van der Waals surface area contributed by atoms with Crippen LogP contribution in [0.25, 0.3) is 11.1 Å². The predicted octanol–water partition coefficient (Wildman–Crippen LogP) is 5.48. The molecule has 33 heavy (non-hydrogen) atoms. The number of hydrogen-bond donors (Lipinski definition) is 1. The molecule has 0 saturated carbocycles. The molecule has 0 fully saturated rings. The number of carboxylic acid groups (broad SMARTS) is 1. The van der Waals surface area contributed by atoms with Gasteiger partial charge in [-0.25, -0.2) is 9.59 Å². The van der Waals surface area contributed by atoms with E-state index in [1.807, 2.05) is 36.4 Å². The zero-order valence-corrected chi connectivity index (χ0v) is 18.9. The molecule has 6 heteroatoms. The molecular weight excluding hydrogens is 418 g/mol. The van der Waals surface area contributed by atoms with E-state index in [9.17, 15) is 14.7 Å². The maximum absolute atomic E-state index is 13.2. The average Bonchev–Trinajstić information content (AvgIpc) is 3.14. The van der Waals surface area contributed by atoms with Gasteiger partial charge in [-0.05, 0) is 53.8 Å². The van der Waals surface area contributed by atoms with Gasteiger partial charge in [0.2, 0.25) is 0 Å². The Hall–Kier alpha value is -3.80. The van der Waals surface area contributed by atoms with Crippen LogP contribution < -0.4 is 4.74 Å². The zero-order valence-electron chi connectivity index (χ0n) is 18.9. The molecule has 1 amide bonds. The van der Waals surface area contributed by atoms with Gasteiger partial charge in [0.15, 0.2) is 6.04 Å². The zero-order chi connectivity index (χ0) is 23.5. The van der Waals surface area contributed by atoms with Gasteiger partial charge in [0.25, 0.3) is 0 Å². The molecule has 0 radical (unpaired) electrons. The molecule has 6 nitrogen and oxygen atoms in total. The number of nitrogens with zero attached hydrogens (tertiary/aromatic N) is 1. The summed E-state index contributed by atoms with van der Waals surface area (Å²) < 4.78 is 10.9. The fourth-order valence-electron chi connectivity index (χ4n) is 4.49. The molecule has 0 aliphatic heterocycles. The lowest BCUT2D eigenvalue weighted by atomic mass is 9.98.